The van der Waals surface area contributed by atoms with E-state index in [1.807, 2.05) is 19.1 Å². The van der Waals surface area contributed by atoms with Crippen molar-refractivity contribution in [1.82, 2.24) is 14.8 Å². The molecule has 2 aromatic heterocycles. The number of rotatable bonds is 4. The van der Waals surface area contributed by atoms with Crippen LogP contribution in [-0.4, -0.2) is 25.8 Å². The van der Waals surface area contributed by atoms with E-state index in [9.17, 15) is 4.79 Å². The summed E-state index contributed by atoms with van der Waals surface area (Å²) in [5.74, 6) is -1.00. The first-order valence-electron chi connectivity index (χ1n) is 5.50. The Balaban J connectivity index is 2.36. The van der Waals surface area contributed by atoms with Crippen LogP contribution in [0.4, 0.5) is 0 Å². The molecule has 2 aromatic rings. The third-order valence-corrected chi connectivity index (χ3v) is 3.30. The third kappa shape index (κ3) is 2.59. The van der Waals surface area contributed by atoms with E-state index in [0.29, 0.717) is 18.5 Å². The summed E-state index contributed by atoms with van der Waals surface area (Å²) in [5, 5.41) is 13.2. The van der Waals surface area contributed by atoms with Crippen molar-refractivity contribution in [3.63, 3.8) is 0 Å². The number of aryl methyl sites for hydroxylation is 1. The number of hydrogen-bond donors (Lipinski definition) is 1. The fourth-order valence-electron chi connectivity index (χ4n) is 1.69. The number of aromatic carboxylic acids is 1. The molecule has 1 N–H and O–H groups in total. The summed E-state index contributed by atoms with van der Waals surface area (Å²) in [7, 11) is 0. The van der Waals surface area contributed by atoms with Gasteiger partial charge < -0.3 is 5.11 Å². The lowest BCUT2D eigenvalue weighted by molar-refractivity contribution is 0.0688. The molecule has 0 atom stereocenters. The number of pyridine rings is 1. The molecule has 0 aromatic carbocycles. The standard InChI is InChI=1S/C12H12BrN3O2/c1-2-16-7-9(10(15-16)12(17)18)6-8-4-3-5-14-11(8)13/h3-5,7H,2,6H2,1H3,(H,17,18). The maximum Gasteiger partial charge on any atom is 0.356 e. The zero-order valence-corrected chi connectivity index (χ0v) is 11.4. The van der Waals surface area contributed by atoms with Crippen molar-refractivity contribution in [1.29, 1.82) is 0 Å². The summed E-state index contributed by atoms with van der Waals surface area (Å²) < 4.78 is 2.36. The maximum atomic E-state index is 11.1. The van der Waals surface area contributed by atoms with Gasteiger partial charge >= 0.3 is 5.97 Å². The molecule has 2 rings (SSSR count). The molecule has 0 unspecified atom stereocenters. The molecule has 0 aliphatic heterocycles. The van der Waals surface area contributed by atoms with Crippen LogP contribution < -0.4 is 0 Å². The molecule has 0 spiro atoms. The Hall–Kier alpha value is -1.69. The number of hydrogen-bond acceptors (Lipinski definition) is 3. The van der Waals surface area contributed by atoms with Crippen LogP contribution in [0.2, 0.25) is 0 Å². The highest BCUT2D eigenvalue weighted by Gasteiger charge is 2.16. The molecule has 18 heavy (non-hydrogen) atoms. The Bertz CT molecular complexity index is 580. The molecule has 2 heterocycles. The van der Waals surface area contributed by atoms with Crippen molar-refractivity contribution in [2.24, 2.45) is 0 Å². The van der Waals surface area contributed by atoms with Gasteiger partial charge in [-0.15, -0.1) is 0 Å². The Morgan fingerprint density at radius 3 is 2.89 bits per heavy atom. The second-order valence-corrected chi connectivity index (χ2v) is 4.55. The molecule has 0 aliphatic carbocycles. The van der Waals surface area contributed by atoms with Crippen LogP contribution in [0, 0.1) is 0 Å². The molecule has 0 bridgehead atoms. The smallest absolute Gasteiger partial charge is 0.356 e. The first-order chi connectivity index (χ1) is 8.61. The number of carboxylic acid groups (broad SMARTS) is 1. The molecule has 5 nitrogen and oxygen atoms in total. The number of halogens is 1. The van der Waals surface area contributed by atoms with E-state index < -0.39 is 5.97 Å². The average molecular weight is 310 g/mol. The molecule has 0 saturated carbocycles. The number of carbonyl (C=O) groups is 1. The van der Waals surface area contributed by atoms with Gasteiger partial charge in [-0.1, -0.05) is 6.07 Å². The van der Waals surface area contributed by atoms with Crippen LogP contribution in [0.5, 0.6) is 0 Å². The first-order valence-corrected chi connectivity index (χ1v) is 6.30. The number of nitrogens with zero attached hydrogens (tertiary/aromatic N) is 3. The minimum atomic E-state index is -1.00. The molecule has 0 fully saturated rings. The topological polar surface area (TPSA) is 68.0 Å². The normalized spacial score (nSPS) is 10.6. The number of aromatic nitrogens is 3. The highest BCUT2D eigenvalue weighted by atomic mass is 79.9. The van der Waals surface area contributed by atoms with Crippen LogP contribution in [0.15, 0.2) is 29.1 Å². The zero-order chi connectivity index (χ0) is 13.1. The summed E-state index contributed by atoms with van der Waals surface area (Å²) in [6, 6.07) is 3.73. The molecule has 0 amide bonds. The fourth-order valence-corrected chi connectivity index (χ4v) is 2.08. The van der Waals surface area contributed by atoms with Gasteiger partial charge in [0, 0.05) is 30.9 Å². The van der Waals surface area contributed by atoms with E-state index in [0.717, 1.165) is 10.2 Å². The number of carboxylic acids is 1. The van der Waals surface area contributed by atoms with Gasteiger partial charge in [0.25, 0.3) is 0 Å². The van der Waals surface area contributed by atoms with E-state index in [1.54, 1.807) is 17.1 Å². The molecular weight excluding hydrogens is 298 g/mol. The molecule has 0 radical (unpaired) electrons. The maximum absolute atomic E-state index is 11.1. The Labute approximate surface area is 113 Å². The van der Waals surface area contributed by atoms with Crippen LogP contribution in [0.25, 0.3) is 0 Å². The van der Waals surface area contributed by atoms with E-state index in [1.165, 1.54) is 0 Å². The van der Waals surface area contributed by atoms with Gasteiger partial charge in [0.1, 0.15) is 4.60 Å². The van der Waals surface area contributed by atoms with Crippen molar-refractivity contribution in [3.05, 3.63) is 46.0 Å². The SMILES string of the molecule is CCn1cc(Cc2cccnc2Br)c(C(=O)O)n1. The second kappa shape index (κ2) is 5.30. The lowest BCUT2D eigenvalue weighted by Crippen LogP contribution is -2.03. The quantitative estimate of drug-likeness (QED) is 0.880. The van der Waals surface area contributed by atoms with Gasteiger partial charge in [-0.05, 0) is 34.5 Å². The molecular formula is C12H12BrN3O2. The van der Waals surface area contributed by atoms with Crippen molar-refractivity contribution in [2.75, 3.05) is 0 Å². The summed E-state index contributed by atoms with van der Waals surface area (Å²) in [6.07, 6.45) is 3.94. The highest BCUT2D eigenvalue weighted by molar-refractivity contribution is 9.10. The summed E-state index contributed by atoms with van der Waals surface area (Å²) >= 11 is 3.35. The fraction of sp³-hybridized carbons (Fsp3) is 0.250. The van der Waals surface area contributed by atoms with Gasteiger partial charge in [-0.3, -0.25) is 4.68 Å². The van der Waals surface area contributed by atoms with Crippen LogP contribution in [0.1, 0.15) is 28.5 Å². The van der Waals surface area contributed by atoms with Crippen molar-refractivity contribution in [2.45, 2.75) is 19.9 Å². The Morgan fingerprint density at radius 2 is 2.28 bits per heavy atom. The van der Waals surface area contributed by atoms with Gasteiger partial charge in [0.15, 0.2) is 5.69 Å². The van der Waals surface area contributed by atoms with Gasteiger partial charge in [0.05, 0.1) is 0 Å². The lowest BCUT2D eigenvalue weighted by Gasteiger charge is -2.01. The first kappa shape index (κ1) is 12.8. The Kier molecular flexibility index (Phi) is 3.76. The van der Waals surface area contributed by atoms with E-state index >= 15 is 0 Å². The van der Waals surface area contributed by atoms with Crippen molar-refractivity contribution >= 4 is 21.9 Å². The van der Waals surface area contributed by atoms with Crippen LogP contribution in [-0.2, 0) is 13.0 Å². The summed E-state index contributed by atoms with van der Waals surface area (Å²) in [6.45, 7) is 2.57. The minimum absolute atomic E-state index is 0.104. The monoisotopic (exact) mass is 309 g/mol. The molecule has 6 heteroatoms. The average Bonchev–Trinajstić information content (AvgIpc) is 2.75. The second-order valence-electron chi connectivity index (χ2n) is 3.79. The molecule has 0 saturated heterocycles. The Morgan fingerprint density at radius 1 is 1.50 bits per heavy atom. The van der Waals surface area contributed by atoms with Crippen molar-refractivity contribution < 1.29 is 9.90 Å². The summed E-state index contributed by atoms with van der Waals surface area (Å²) in [4.78, 5) is 15.2. The van der Waals surface area contributed by atoms with Gasteiger partial charge in [-0.2, -0.15) is 5.10 Å². The van der Waals surface area contributed by atoms with E-state index in [2.05, 4.69) is 26.0 Å². The van der Waals surface area contributed by atoms with Crippen LogP contribution >= 0.6 is 15.9 Å². The zero-order valence-electron chi connectivity index (χ0n) is 9.80. The predicted octanol–water partition coefficient (Wildman–Crippen LogP) is 2.35. The summed E-state index contributed by atoms with van der Waals surface area (Å²) in [5.41, 5.74) is 1.74. The lowest BCUT2D eigenvalue weighted by atomic mass is 10.1. The molecule has 94 valence electrons. The van der Waals surface area contributed by atoms with Crippen LogP contribution in [0.3, 0.4) is 0 Å². The predicted molar refractivity (Wildman–Crippen MR) is 69.6 cm³/mol. The third-order valence-electron chi connectivity index (χ3n) is 2.58. The highest BCUT2D eigenvalue weighted by Crippen LogP contribution is 2.19. The minimum Gasteiger partial charge on any atom is -0.476 e. The van der Waals surface area contributed by atoms with Gasteiger partial charge in [-0.25, -0.2) is 9.78 Å². The molecule has 0 aliphatic rings. The van der Waals surface area contributed by atoms with E-state index in [-0.39, 0.29) is 5.69 Å². The van der Waals surface area contributed by atoms with E-state index in [4.69, 9.17) is 5.11 Å². The largest absolute Gasteiger partial charge is 0.476 e. The van der Waals surface area contributed by atoms with Gasteiger partial charge in [0.2, 0.25) is 0 Å². The van der Waals surface area contributed by atoms with Crippen molar-refractivity contribution in [3.8, 4) is 0 Å².